The zero-order chi connectivity index (χ0) is 17.9. The fourth-order valence-electron chi connectivity index (χ4n) is 2.61. The van der Waals surface area contributed by atoms with Gasteiger partial charge in [0.25, 0.3) is 0 Å². The molecule has 1 amide bonds. The van der Waals surface area contributed by atoms with Crippen molar-refractivity contribution < 1.29 is 9.90 Å². The van der Waals surface area contributed by atoms with Crippen LogP contribution >= 0.6 is 11.6 Å². The molecule has 0 saturated heterocycles. The molecule has 1 unspecified atom stereocenters. The van der Waals surface area contributed by atoms with E-state index in [1.54, 1.807) is 0 Å². The fourth-order valence-corrected chi connectivity index (χ4v) is 2.79. The van der Waals surface area contributed by atoms with Crippen molar-refractivity contribution in [1.29, 1.82) is 0 Å². The Hall–Kier alpha value is -1.85. The van der Waals surface area contributed by atoms with Crippen molar-refractivity contribution in [2.75, 3.05) is 6.61 Å². The van der Waals surface area contributed by atoms with E-state index >= 15 is 0 Å². The summed E-state index contributed by atoms with van der Waals surface area (Å²) in [4.78, 5) is 12.2. The lowest BCUT2D eigenvalue weighted by atomic mass is 10.1. The average molecular weight is 350 g/mol. The summed E-state index contributed by atoms with van der Waals surface area (Å²) in [6, 6.07) is 5.58. The number of nitrogens with zero attached hydrogens (tertiary/aromatic N) is 2. The molecule has 1 atom stereocenters. The highest BCUT2D eigenvalue weighted by molar-refractivity contribution is 6.31. The topological polar surface area (TPSA) is 67.2 Å². The van der Waals surface area contributed by atoms with Crippen LogP contribution < -0.4 is 5.32 Å². The summed E-state index contributed by atoms with van der Waals surface area (Å²) in [5.74, 6) is -0.108. The Morgan fingerprint density at radius 1 is 1.38 bits per heavy atom. The van der Waals surface area contributed by atoms with Gasteiger partial charge in [0.2, 0.25) is 5.91 Å². The number of hydrogen-bond acceptors (Lipinski definition) is 3. The summed E-state index contributed by atoms with van der Waals surface area (Å²) in [6.45, 7) is 7.66. The molecule has 0 radical (unpaired) electrons. The van der Waals surface area contributed by atoms with Gasteiger partial charge in [0.05, 0.1) is 30.5 Å². The molecule has 0 fully saturated rings. The minimum absolute atomic E-state index is 0.0542. The zero-order valence-electron chi connectivity index (χ0n) is 14.6. The summed E-state index contributed by atoms with van der Waals surface area (Å²) in [5, 5.41) is 17.3. The molecule has 2 rings (SSSR count). The molecule has 1 aromatic heterocycles. The molecule has 1 heterocycles. The summed E-state index contributed by atoms with van der Waals surface area (Å²) >= 11 is 6.21. The molecular weight excluding hydrogens is 326 g/mol. The van der Waals surface area contributed by atoms with E-state index in [0.717, 1.165) is 28.2 Å². The maximum atomic E-state index is 12.2. The van der Waals surface area contributed by atoms with Gasteiger partial charge in [-0.05, 0) is 44.9 Å². The SMILES string of the molecule is CCC(CO)NC(=O)Cc1c(C)nn(-c2ccc(C)c(Cl)c2)c1C. The van der Waals surface area contributed by atoms with Crippen LogP contribution in [0.1, 0.15) is 35.9 Å². The first-order chi connectivity index (χ1) is 11.4. The predicted molar refractivity (Wildman–Crippen MR) is 95.8 cm³/mol. The van der Waals surface area contributed by atoms with E-state index in [0.29, 0.717) is 11.4 Å². The number of hydrogen-bond donors (Lipinski definition) is 2. The maximum Gasteiger partial charge on any atom is 0.224 e. The van der Waals surface area contributed by atoms with Gasteiger partial charge in [-0.1, -0.05) is 24.6 Å². The van der Waals surface area contributed by atoms with Crippen LogP contribution in [0.3, 0.4) is 0 Å². The molecule has 0 spiro atoms. The second kappa shape index (κ2) is 7.81. The number of benzene rings is 1. The Balaban J connectivity index is 2.25. The molecule has 6 heteroatoms. The fraction of sp³-hybridized carbons (Fsp3) is 0.444. The van der Waals surface area contributed by atoms with E-state index in [9.17, 15) is 9.90 Å². The summed E-state index contributed by atoms with van der Waals surface area (Å²) < 4.78 is 1.81. The number of aliphatic hydroxyl groups is 1. The number of amides is 1. The van der Waals surface area contributed by atoms with Crippen LogP contribution in [0.4, 0.5) is 0 Å². The molecule has 1 aromatic carbocycles. The molecule has 0 bridgehead atoms. The van der Waals surface area contributed by atoms with Crippen molar-refractivity contribution in [2.45, 2.75) is 46.6 Å². The number of aryl methyl sites for hydroxylation is 2. The van der Waals surface area contributed by atoms with Crippen LogP contribution in [-0.2, 0) is 11.2 Å². The number of rotatable bonds is 6. The lowest BCUT2D eigenvalue weighted by Gasteiger charge is -2.14. The molecule has 24 heavy (non-hydrogen) atoms. The standard InChI is InChI=1S/C18H24ClN3O2/c1-5-14(10-23)20-18(24)9-16-12(3)21-22(13(16)4)15-7-6-11(2)17(19)8-15/h6-8,14,23H,5,9-10H2,1-4H3,(H,20,24). The first kappa shape index (κ1) is 18.5. The van der Waals surface area contributed by atoms with Gasteiger partial charge in [0.15, 0.2) is 0 Å². The highest BCUT2D eigenvalue weighted by Crippen LogP contribution is 2.23. The van der Waals surface area contributed by atoms with Gasteiger partial charge in [-0.15, -0.1) is 0 Å². The Labute approximate surface area is 147 Å². The van der Waals surface area contributed by atoms with Crippen molar-refractivity contribution in [3.05, 3.63) is 45.7 Å². The highest BCUT2D eigenvalue weighted by atomic mass is 35.5. The van der Waals surface area contributed by atoms with E-state index < -0.39 is 0 Å². The molecule has 2 aromatic rings. The van der Waals surface area contributed by atoms with Gasteiger partial charge < -0.3 is 10.4 Å². The largest absolute Gasteiger partial charge is 0.394 e. The minimum Gasteiger partial charge on any atom is -0.394 e. The lowest BCUT2D eigenvalue weighted by Crippen LogP contribution is -2.38. The highest BCUT2D eigenvalue weighted by Gasteiger charge is 2.17. The number of carbonyl (C=O) groups excluding carboxylic acids is 1. The summed E-state index contributed by atoms with van der Waals surface area (Å²) in [6.07, 6.45) is 0.940. The quantitative estimate of drug-likeness (QED) is 0.842. The first-order valence-electron chi connectivity index (χ1n) is 8.09. The summed E-state index contributed by atoms with van der Waals surface area (Å²) in [7, 11) is 0. The monoisotopic (exact) mass is 349 g/mol. The van der Waals surface area contributed by atoms with Crippen LogP contribution in [0.5, 0.6) is 0 Å². The maximum absolute atomic E-state index is 12.2. The van der Waals surface area contributed by atoms with E-state index in [-0.39, 0.29) is 25.0 Å². The van der Waals surface area contributed by atoms with Crippen LogP contribution in [0, 0.1) is 20.8 Å². The first-order valence-corrected chi connectivity index (χ1v) is 8.47. The van der Waals surface area contributed by atoms with E-state index in [4.69, 9.17) is 11.6 Å². The molecule has 0 aliphatic carbocycles. The van der Waals surface area contributed by atoms with Crippen molar-refractivity contribution in [3.63, 3.8) is 0 Å². The number of carbonyl (C=O) groups is 1. The van der Waals surface area contributed by atoms with Crippen molar-refractivity contribution in [2.24, 2.45) is 0 Å². The van der Waals surface area contributed by atoms with Gasteiger partial charge in [0, 0.05) is 16.3 Å². The van der Waals surface area contributed by atoms with Crippen LogP contribution in [-0.4, -0.2) is 33.4 Å². The molecule has 0 aliphatic heterocycles. The van der Waals surface area contributed by atoms with E-state index in [2.05, 4.69) is 10.4 Å². The Morgan fingerprint density at radius 3 is 2.67 bits per heavy atom. The lowest BCUT2D eigenvalue weighted by molar-refractivity contribution is -0.121. The molecule has 5 nitrogen and oxygen atoms in total. The van der Waals surface area contributed by atoms with Crippen LogP contribution in [0.25, 0.3) is 5.69 Å². The van der Waals surface area contributed by atoms with Gasteiger partial charge in [-0.2, -0.15) is 5.10 Å². The molecule has 130 valence electrons. The Morgan fingerprint density at radius 2 is 2.08 bits per heavy atom. The number of nitrogens with one attached hydrogen (secondary N) is 1. The Kier molecular flexibility index (Phi) is 6.02. The Bertz CT molecular complexity index is 736. The predicted octanol–water partition coefficient (Wildman–Crippen LogP) is 2.88. The van der Waals surface area contributed by atoms with Gasteiger partial charge >= 0.3 is 0 Å². The van der Waals surface area contributed by atoms with E-state index in [1.807, 2.05) is 50.6 Å². The zero-order valence-corrected chi connectivity index (χ0v) is 15.3. The third-order valence-corrected chi connectivity index (χ3v) is 4.66. The number of halogens is 1. The van der Waals surface area contributed by atoms with Crippen LogP contribution in [0.2, 0.25) is 5.02 Å². The van der Waals surface area contributed by atoms with Gasteiger partial charge in [0.1, 0.15) is 0 Å². The third kappa shape index (κ3) is 3.97. The third-order valence-electron chi connectivity index (χ3n) is 4.26. The smallest absolute Gasteiger partial charge is 0.224 e. The van der Waals surface area contributed by atoms with Crippen molar-refractivity contribution in [3.8, 4) is 5.69 Å². The van der Waals surface area contributed by atoms with Crippen molar-refractivity contribution in [1.82, 2.24) is 15.1 Å². The molecular formula is C18H24ClN3O2. The van der Waals surface area contributed by atoms with Crippen LogP contribution in [0.15, 0.2) is 18.2 Å². The normalized spacial score (nSPS) is 12.2. The summed E-state index contributed by atoms with van der Waals surface area (Å²) in [5.41, 5.74) is 4.52. The second-order valence-electron chi connectivity index (χ2n) is 6.03. The van der Waals surface area contributed by atoms with Gasteiger partial charge in [-0.25, -0.2) is 4.68 Å². The average Bonchev–Trinajstić information content (AvgIpc) is 2.83. The number of aliphatic hydroxyl groups excluding tert-OH is 1. The molecule has 0 saturated carbocycles. The van der Waals surface area contributed by atoms with E-state index in [1.165, 1.54) is 0 Å². The molecule has 2 N–H and O–H groups in total. The number of aromatic nitrogens is 2. The second-order valence-corrected chi connectivity index (χ2v) is 6.43. The van der Waals surface area contributed by atoms with Gasteiger partial charge in [-0.3, -0.25) is 4.79 Å². The van der Waals surface area contributed by atoms with Crippen molar-refractivity contribution >= 4 is 17.5 Å². The minimum atomic E-state index is -0.205. The molecule has 0 aliphatic rings.